The van der Waals surface area contributed by atoms with Crippen molar-refractivity contribution in [3.05, 3.63) is 52.3 Å². The molecular formula is C32H42N4O4. The van der Waals surface area contributed by atoms with Crippen LogP contribution in [0.4, 0.5) is 5.69 Å². The van der Waals surface area contributed by atoms with Crippen LogP contribution in [0.25, 0.3) is 0 Å². The SMILES string of the molecule is CCOC(=O)CCCOc1c(N2CCCC2)cc(C(=O)CN2Cc3ccc(C4CC4)nc3C2=N)cc1C(C)(C)C. The number of benzene rings is 1. The van der Waals surface area contributed by atoms with E-state index < -0.39 is 0 Å². The number of esters is 1. The molecule has 1 aromatic heterocycles. The van der Waals surface area contributed by atoms with Crippen molar-refractivity contribution in [1.82, 2.24) is 9.88 Å². The van der Waals surface area contributed by atoms with Crippen molar-refractivity contribution in [2.24, 2.45) is 0 Å². The van der Waals surface area contributed by atoms with Gasteiger partial charge in [0.05, 0.1) is 25.4 Å². The molecule has 2 aliphatic heterocycles. The summed E-state index contributed by atoms with van der Waals surface area (Å²) in [6.45, 7) is 11.5. The highest BCUT2D eigenvalue weighted by Gasteiger charge is 2.32. The Morgan fingerprint density at radius 1 is 1.12 bits per heavy atom. The number of fused-ring (bicyclic) bond motifs is 1. The van der Waals surface area contributed by atoms with E-state index in [-0.39, 0.29) is 23.7 Å². The van der Waals surface area contributed by atoms with Gasteiger partial charge < -0.3 is 19.3 Å². The minimum atomic E-state index is -0.263. The molecule has 0 spiro atoms. The van der Waals surface area contributed by atoms with Gasteiger partial charge in [-0.05, 0) is 62.6 Å². The number of nitrogens with zero attached hydrogens (tertiary/aromatic N) is 3. The normalized spacial score (nSPS) is 16.9. The number of hydrogen-bond acceptors (Lipinski definition) is 7. The molecule has 40 heavy (non-hydrogen) atoms. The molecule has 1 aromatic carbocycles. The maximum absolute atomic E-state index is 13.8. The number of Topliss-reactive ketones (excluding diaryl/α,β-unsaturated/α-hetero) is 1. The van der Waals surface area contributed by atoms with Crippen molar-refractivity contribution in [2.45, 2.75) is 84.1 Å². The number of carbonyl (C=O) groups excluding carboxylic acids is 2. The number of ketones is 1. The Morgan fingerprint density at radius 2 is 1.88 bits per heavy atom. The molecule has 214 valence electrons. The molecule has 8 nitrogen and oxygen atoms in total. The van der Waals surface area contributed by atoms with E-state index in [1.165, 1.54) is 12.8 Å². The van der Waals surface area contributed by atoms with E-state index in [1.54, 1.807) is 0 Å². The standard InChI is InChI=1S/C32H42N4O4/c1-5-39-28(38)9-8-16-40-30-24(32(2,3)4)17-23(18-26(30)35-14-6-7-15-35)27(37)20-36-19-22-12-13-25(21-10-11-21)34-29(22)31(36)33/h12-13,17-18,21,33H,5-11,14-16,19-20H2,1-4H3. The van der Waals surface area contributed by atoms with E-state index in [0.717, 1.165) is 59.9 Å². The first-order valence-electron chi connectivity index (χ1n) is 14.7. The molecule has 0 atom stereocenters. The van der Waals surface area contributed by atoms with Gasteiger partial charge in [0.2, 0.25) is 0 Å². The predicted molar refractivity (Wildman–Crippen MR) is 156 cm³/mol. The Kier molecular flexibility index (Phi) is 8.15. The summed E-state index contributed by atoms with van der Waals surface area (Å²) in [4.78, 5) is 34.5. The number of anilines is 1. The summed E-state index contributed by atoms with van der Waals surface area (Å²) in [7, 11) is 0. The zero-order valence-corrected chi connectivity index (χ0v) is 24.3. The number of carbonyl (C=O) groups is 2. The molecule has 5 rings (SSSR count). The van der Waals surface area contributed by atoms with Gasteiger partial charge in [-0.1, -0.05) is 26.8 Å². The van der Waals surface area contributed by atoms with Crippen LogP contribution in [0, 0.1) is 5.41 Å². The van der Waals surface area contributed by atoms with Gasteiger partial charge >= 0.3 is 5.97 Å². The summed E-state index contributed by atoms with van der Waals surface area (Å²) >= 11 is 0. The second kappa shape index (κ2) is 11.6. The van der Waals surface area contributed by atoms with Gasteiger partial charge in [0.1, 0.15) is 17.3 Å². The minimum Gasteiger partial charge on any atom is -0.491 e. The van der Waals surface area contributed by atoms with Crippen LogP contribution in [-0.4, -0.2) is 60.3 Å². The molecule has 2 aromatic rings. The van der Waals surface area contributed by atoms with Crippen LogP contribution >= 0.6 is 0 Å². The number of ether oxygens (including phenoxy) is 2. The largest absolute Gasteiger partial charge is 0.491 e. The van der Waals surface area contributed by atoms with Crippen LogP contribution in [0.15, 0.2) is 24.3 Å². The molecular weight excluding hydrogens is 504 g/mol. The van der Waals surface area contributed by atoms with Gasteiger partial charge in [-0.2, -0.15) is 0 Å². The molecule has 0 bridgehead atoms. The molecule has 3 aliphatic rings. The van der Waals surface area contributed by atoms with Crippen LogP contribution in [0.1, 0.15) is 105 Å². The summed E-state index contributed by atoms with van der Waals surface area (Å²) < 4.78 is 11.4. The van der Waals surface area contributed by atoms with Crippen molar-refractivity contribution in [3.63, 3.8) is 0 Å². The first-order valence-corrected chi connectivity index (χ1v) is 14.7. The average Bonchev–Trinajstić information content (AvgIpc) is 3.53. The predicted octanol–water partition coefficient (Wildman–Crippen LogP) is 5.60. The molecule has 0 unspecified atom stereocenters. The zero-order chi connectivity index (χ0) is 28.4. The highest BCUT2D eigenvalue weighted by atomic mass is 16.5. The van der Waals surface area contributed by atoms with E-state index in [2.05, 4.69) is 37.8 Å². The van der Waals surface area contributed by atoms with Gasteiger partial charge in [-0.3, -0.25) is 15.0 Å². The lowest BCUT2D eigenvalue weighted by Crippen LogP contribution is -2.31. The lowest BCUT2D eigenvalue weighted by atomic mass is 9.84. The lowest BCUT2D eigenvalue weighted by molar-refractivity contribution is -0.143. The fourth-order valence-electron chi connectivity index (χ4n) is 5.58. The van der Waals surface area contributed by atoms with Crippen molar-refractivity contribution >= 4 is 23.3 Å². The molecule has 0 amide bonds. The molecule has 1 aliphatic carbocycles. The number of nitrogens with one attached hydrogen (secondary N) is 1. The second-order valence-corrected chi connectivity index (χ2v) is 12.2. The number of hydrogen-bond donors (Lipinski definition) is 1. The monoisotopic (exact) mass is 546 g/mol. The minimum absolute atomic E-state index is 0.0141. The number of amidine groups is 1. The highest BCUT2D eigenvalue weighted by Crippen LogP contribution is 2.42. The molecule has 1 saturated carbocycles. The molecule has 3 heterocycles. The van der Waals surface area contributed by atoms with Crippen LogP contribution in [0.2, 0.25) is 0 Å². The summed E-state index contributed by atoms with van der Waals surface area (Å²) in [5.41, 5.74) is 5.10. The summed E-state index contributed by atoms with van der Waals surface area (Å²) in [5.74, 6) is 1.44. The van der Waals surface area contributed by atoms with Crippen molar-refractivity contribution in [3.8, 4) is 5.75 Å². The summed E-state index contributed by atoms with van der Waals surface area (Å²) in [5, 5.41) is 8.76. The third-order valence-electron chi connectivity index (χ3n) is 7.96. The van der Waals surface area contributed by atoms with E-state index in [1.807, 2.05) is 24.0 Å². The Balaban J connectivity index is 1.38. The number of aromatic nitrogens is 1. The molecule has 8 heteroatoms. The summed E-state index contributed by atoms with van der Waals surface area (Å²) in [6.07, 6.45) is 5.42. The van der Waals surface area contributed by atoms with Gasteiger partial charge in [0.15, 0.2) is 5.78 Å². The molecule has 2 fully saturated rings. The Hall–Kier alpha value is -3.42. The maximum atomic E-state index is 13.8. The van der Waals surface area contributed by atoms with Crippen LogP contribution in [0.5, 0.6) is 5.75 Å². The first-order chi connectivity index (χ1) is 19.2. The molecule has 1 saturated heterocycles. The number of pyridine rings is 1. The van der Waals surface area contributed by atoms with Crippen molar-refractivity contribution < 1.29 is 19.1 Å². The van der Waals surface area contributed by atoms with Crippen LogP contribution in [0.3, 0.4) is 0 Å². The highest BCUT2D eigenvalue weighted by molar-refractivity contribution is 6.05. The molecule has 1 N–H and O–H groups in total. The third-order valence-corrected chi connectivity index (χ3v) is 7.96. The lowest BCUT2D eigenvalue weighted by Gasteiger charge is -2.30. The fourth-order valence-corrected chi connectivity index (χ4v) is 5.58. The van der Waals surface area contributed by atoms with Gasteiger partial charge in [0.25, 0.3) is 0 Å². The smallest absolute Gasteiger partial charge is 0.305 e. The Labute approximate surface area is 237 Å². The fraction of sp³-hybridized carbons (Fsp3) is 0.562. The van der Waals surface area contributed by atoms with Crippen LogP contribution in [-0.2, 0) is 21.5 Å². The number of rotatable bonds is 11. The van der Waals surface area contributed by atoms with E-state index in [9.17, 15) is 9.59 Å². The Bertz CT molecular complexity index is 1290. The molecule has 0 radical (unpaired) electrons. The quantitative estimate of drug-likeness (QED) is 0.223. The topological polar surface area (TPSA) is 95.8 Å². The van der Waals surface area contributed by atoms with Crippen molar-refractivity contribution in [2.75, 3.05) is 37.7 Å². The zero-order valence-electron chi connectivity index (χ0n) is 24.3. The van der Waals surface area contributed by atoms with E-state index >= 15 is 0 Å². The second-order valence-electron chi connectivity index (χ2n) is 12.2. The van der Waals surface area contributed by atoms with Gasteiger partial charge in [0, 0.05) is 54.4 Å². The van der Waals surface area contributed by atoms with Gasteiger partial charge in [-0.25, -0.2) is 4.98 Å². The van der Waals surface area contributed by atoms with E-state index in [0.29, 0.717) is 49.9 Å². The van der Waals surface area contributed by atoms with Crippen LogP contribution < -0.4 is 9.64 Å². The summed E-state index contributed by atoms with van der Waals surface area (Å²) in [6, 6.07) is 8.10. The van der Waals surface area contributed by atoms with E-state index in [4.69, 9.17) is 19.9 Å². The van der Waals surface area contributed by atoms with Crippen molar-refractivity contribution in [1.29, 1.82) is 5.41 Å². The third kappa shape index (κ3) is 6.16. The first kappa shape index (κ1) is 28.1. The maximum Gasteiger partial charge on any atom is 0.305 e. The Morgan fingerprint density at radius 3 is 2.55 bits per heavy atom. The van der Waals surface area contributed by atoms with Gasteiger partial charge in [-0.15, -0.1) is 0 Å². The average molecular weight is 547 g/mol.